The summed E-state index contributed by atoms with van der Waals surface area (Å²) in [4.78, 5) is 27.1. The highest BCUT2D eigenvalue weighted by Gasteiger charge is 2.37. The zero-order chi connectivity index (χ0) is 24.5. The highest BCUT2D eigenvalue weighted by atomic mass is 32.2. The Kier molecular flexibility index (Phi) is 6.81. The van der Waals surface area contributed by atoms with E-state index in [1.807, 2.05) is 6.92 Å². The molecule has 2 aliphatic heterocycles. The molecular weight excluding hydrogens is 460 g/mol. The minimum atomic E-state index is -3.89. The maximum absolute atomic E-state index is 13.6. The second-order valence-corrected chi connectivity index (χ2v) is 10.2. The zero-order valence-electron chi connectivity index (χ0n) is 19.4. The molecule has 1 fully saturated rings. The van der Waals surface area contributed by atoms with Crippen molar-refractivity contribution in [1.82, 2.24) is 4.31 Å². The van der Waals surface area contributed by atoms with E-state index in [9.17, 15) is 18.0 Å². The molecule has 9 nitrogen and oxygen atoms in total. The summed E-state index contributed by atoms with van der Waals surface area (Å²) in [5.74, 6) is -0.537. The van der Waals surface area contributed by atoms with Gasteiger partial charge in [-0.3, -0.25) is 4.79 Å². The maximum atomic E-state index is 13.6. The molecule has 0 N–H and O–H groups in total. The van der Waals surface area contributed by atoms with Crippen molar-refractivity contribution in [2.45, 2.75) is 43.2 Å². The van der Waals surface area contributed by atoms with Gasteiger partial charge in [-0.2, -0.15) is 4.31 Å². The fourth-order valence-electron chi connectivity index (χ4n) is 4.40. The largest absolute Gasteiger partial charge is 0.495 e. The number of benzene rings is 2. The molecule has 2 aromatic carbocycles. The number of esters is 1. The van der Waals surface area contributed by atoms with Gasteiger partial charge in [0.05, 0.1) is 26.5 Å². The molecule has 2 aliphatic rings. The van der Waals surface area contributed by atoms with E-state index >= 15 is 0 Å². The molecule has 2 heterocycles. The summed E-state index contributed by atoms with van der Waals surface area (Å²) in [6.07, 6.45) is 1.53. The van der Waals surface area contributed by atoms with Gasteiger partial charge in [-0.1, -0.05) is 18.6 Å². The lowest BCUT2D eigenvalue weighted by Crippen LogP contribution is -2.47. The highest BCUT2D eigenvalue weighted by molar-refractivity contribution is 7.89. The van der Waals surface area contributed by atoms with E-state index in [0.717, 1.165) is 19.3 Å². The van der Waals surface area contributed by atoms with Crippen molar-refractivity contribution >= 4 is 27.6 Å². The van der Waals surface area contributed by atoms with Gasteiger partial charge in [0.25, 0.3) is 5.91 Å². The highest BCUT2D eigenvalue weighted by Crippen LogP contribution is 2.36. The van der Waals surface area contributed by atoms with Crippen LogP contribution < -0.4 is 14.4 Å². The summed E-state index contributed by atoms with van der Waals surface area (Å²) in [6.45, 7) is 2.23. The molecule has 0 aromatic heterocycles. The van der Waals surface area contributed by atoms with Gasteiger partial charge in [-0.15, -0.1) is 0 Å². The van der Waals surface area contributed by atoms with E-state index in [1.54, 1.807) is 24.3 Å². The zero-order valence-corrected chi connectivity index (χ0v) is 20.2. The average Bonchev–Trinajstić information content (AvgIpc) is 2.86. The molecule has 0 spiro atoms. The Hall–Kier alpha value is -3.11. The number of methoxy groups -OCH3 is 2. The number of hydrogen-bond acceptors (Lipinski definition) is 7. The summed E-state index contributed by atoms with van der Waals surface area (Å²) in [7, 11) is -1.24. The van der Waals surface area contributed by atoms with Gasteiger partial charge in [0.2, 0.25) is 16.1 Å². The van der Waals surface area contributed by atoms with Crippen LogP contribution in [0.3, 0.4) is 0 Å². The molecule has 0 bridgehead atoms. The molecule has 0 unspecified atom stereocenters. The van der Waals surface area contributed by atoms with Crippen molar-refractivity contribution < 1.29 is 32.2 Å². The van der Waals surface area contributed by atoms with Crippen LogP contribution in [0.25, 0.3) is 0 Å². The van der Waals surface area contributed by atoms with Gasteiger partial charge in [0.15, 0.2) is 0 Å². The van der Waals surface area contributed by atoms with Crippen LogP contribution in [-0.4, -0.2) is 64.1 Å². The first-order valence-corrected chi connectivity index (χ1v) is 12.6. The Morgan fingerprint density at radius 1 is 1.09 bits per heavy atom. The predicted octanol–water partition coefficient (Wildman–Crippen LogP) is 2.84. The number of amides is 1. The van der Waals surface area contributed by atoms with Crippen LogP contribution in [0.5, 0.6) is 11.5 Å². The number of rotatable bonds is 5. The predicted molar refractivity (Wildman–Crippen MR) is 125 cm³/mol. The maximum Gasteiger partial charge on any atom is 0.348 e. The van der Waals surface area contributed by atoms with E-state index in [1.165, 1.54) is 41.6 Å². The van der Waals surface area contributed by atoms with E-state index in [0.29, 0.717) is 18.0 Å². The first-order valence-electron chi connectivity index (χ1n) is 11.1. The van der Waals surface area contributed by atoms with Gasteiger partial charge in [0.1, 0.15) is 16.4 Å². The number of ether oxygens (including phenoxy) is 3. The van der Waals surface area contributed by atoms with Crippen molar-refractivity contribution in [1.29, 1.82) is 0 Å². The Morgan fingerprint density at radius 3 is 2.56 bits per heavy atom. The van der Waals surface area contributed by atoms with Crippen molar-refractivity contribution in [3.63, 3.8) is 0 Å². The topological polar surface area (TPSA) is 102 Å². The molecule has 182 valence electrons. The summed E-state index contributed by atoms with van der Waals surface area (Å²) >= 11 is 0. The van der Waals surface area contributed by atoms with Crippen LogP contribution >= 0.6 is 0 Å². The molecule has 0 saturated carbocycles. The van der Waals surface area contributed by atoms with Gasteiger partial charge in [-0.25, -0.2) is 13.2 Å². The minimum Gasteiger partial charge on any atom is -0.495 e. The fourth-order valence-corrected chi connectivity index (χ4v) is 6.29. The number of para-hydroxylation sites is 2. The fraction of sp³-hybridized carbons (Fsp3) is 0.417. The quantitative estimate of drug-likeness (QED) is 0.597. The second kappa shape index (κ2) is 9.63. The Bertz CT molecular complexity index is 1200. The molecule has 4 rings (SSSR count). The number of nitrogens with zero attached hydrogens (tertiary/aromatic N) is 2. The molecule has 2 aromatic rings. The monoisotopic (exact) mass is 488 g/mol. The molecule has 1 amide bonds. The number of carbonyl (C=O) groups is 2. The third-order valence-corrected chi connectivity index (χ3v) is 8.26. The third kappa shape index (κ3) is 4.35. The first kappa shape index (κ1) is 24.0. The summed E-state index contributed by atoms with van der Waals surface area (Å²) in [5.41, 5.74) is 0.641. The number of hydrogen-bond donors (Lipinski definition) is 0. The van der Waals surface area contributed by atoms with Crippen molar-refractivity contribution in [3.05, 3.63) is 48.0 Å². The molecule has 2 atom stereocenters. The van der Waals surface area contributed by atoms with Crippen molar-refractivity contribution in [3.8, 4) is 11.5 Å². The van der Waals surface area contributed by atoms with Crippen LogP contribution in [0, 0.1) is 0 Å². The van der Waals surface area contributed by atoms with E-state index in [4.69, 9.17) is 14.2 Å². The van der Waals surface area contributed by atoms with E-state index < -0.39 is 28.0 Å². The summed E-state index contributed by atoms with van der Waals surface area (Å²) in [6, 6.07) is 11.1. The SMILES string of the molecule is COC(=O)[C@@H]1CN(C(=O)c2ccc(OC)c(S(=O)(=O)N3CCCC[C@@H]3C)c2)c2ccccc2O1. The van der Waals surface area contributed by atoms with Gasteiger partial charge < -0.3 is 19.1 Å². The number of fused-ring (bicyclic) bond motifs is 1. The van der Waals surface area contributed by atoms with Gasteiger partial charge in [-0.05, 0) is 50.1 Å². The lowest BCUT2D eigenvalue weighted by Gasteiger charge is -2.34. The second-order valence-electron chi connectivity index (χ2n) is 8.34. The molecule has 0 radical (unpaired) electrons. The number of sulfonamides is 1. The smallest absolute Gasteiger partial charge is 0.348 e. The molecule has 10 heteroatoms. The number of anilines is 1. The first-order chi connectivity index (χ1) is 16.3. The van der Waals surface area contributed by atoms with Gasteiger partial charge in [0, 0.05) is 18.2 Å². The standard InChI is InChI=1S/C24H28N2O7S/c1-16-8-6-7-13-26(16)34(29,30)22-14-17(11-12-20(22)31-2)23(27)25-15-21(24(28)32-3)33-19-10-5-4-9-18(19)25/h4-5,9-12,14,16,21H,6-8,13,15H2,1-3H3/t16-,21-/m0/s1. The summed E-state index contributed by atoms with van der Waals surface area (Å²) in [5, 5.41) is 0. The van der Waals surface area contributed by atoms with Crippen molar-refractivity contribution in [2.24, 2.45) is 0 Å². The number of carbonyl (C=O) groups excluding carboxylic acids is 2. The van der Waals surface area contributed by atoms with Crippen LogP contribution in [-0.2, 0) is 19.6 Å². The molecule has 0 aliphatic carbocycles. The lowest BCUT2D eigenvalue weighted by molar-refractivity contribution is -0.148. The average molecular weight is 489 g/mol. The third-order valence-electron chi connectivity index (χ3n) is 6.22. The van der Waals surface area contributed by atoms with Crippen LogP contribution in [0.1, 0.15) is 36.5 Å². The van der Waals surface area contributed by atoms with E-state index in [-0.39, 0.29) is 28.8 Å². The van der Waals surface area contributed by atoms with Crippen molar-refractivity contribution in [2.75, 3.05) is 32.2 Å². The Labute approximate surface area is 199 Å². The van der Waals surface area contributed by atoms with Crippen LogP contribution in [0.4, 0.5) is 5.69 Å². The van der Waals surface area contributed by atoms with Crippen LogP contribution in [0.15, 0.2) is 47.4 Å². The lowest BCUT2D eigenvalue weighted by atomic mass is 10.1. The van der Waals surface area contributed by atoms with Crippen LogP contribution in [0.2, 0.25) is 0 Å². The Morgan fingerprint density at radius 2 is 1.85 bits per heavy atom. The normalized spacial score (nSPS) is 20.7. The minimum absolute atomic E-state index is 0.0549. The molecule has 34 heavy (non-hydrogen) atoms. The molecule has 1 saturated heterocycles. The Balaban J connectivity index is 1.74. The van der Waals surface area contributed by atoms with E-state index in [2.05, 4.69) is 0 Å². The van der Waals surface area contributed by atoms with Gasteiger partial charge >= 0.3 is 5.97 Å². The number of piperidine rings is 1. The molecular formula is C24H28N2O7S. The summed E-state index contributed by atoms with van der Waals surface area (Å²) < 4.78 is 44.4.